The number of nitrogens with one attached hydrogen (secondary N) is 1. The van der Waals surface area contributed by atoms with Gasteiger partial charge >= 0.3 is 0 Å². The summed E-state index contributed by atoms with van der Waals surface area (Å²) in [5.74, 6) is -0.236. The molecule has 29 heavy (non-hydrogen) atoms. The van der Waals surface area contributed by atoms with Gasteiger partial charge in [-0.05, 0) is 48.4 Å². The summed E-state index contributed by atoms with van der Waals surface area (Å²) in [4.78, 5) is 26.6. The second-order valence-corrected chi connectivity index (χ2v) is 7.35. The molecule has 0 saturated heterocycles. The third-order valence-corrected chi connectivity index (χ3v) is 4.92. The molecular formula is C24H23ClN2O2. The number of anilines is 1. The molecule has 0 aliphatic rings. The fraction of sp³-hybridized carbons (Fsp3) is 0.167. The number of hydrogen-bond donors (Lipinski definition) is 1. The van der Waals surface area contributed by atoms with Crippen LogP contribution in [-0.2, 0) is 11.3 Å². The predicted molar refractivity (Wildman–Crippen MR) is 117 cm³/mol. The lowest BCUT2D eigenvalue weighted by atomic mass is 10.0. The molecule has 0 spiro atoms. The zero-order valence-electron chi connectivity index (χ0n) is 16.4. The van der Waals surface area contributed by atoms with Gasteiger partial charge in [0.1, 0.15) is 0 Å². The minimum Gasteiger partial charge on any atom is -0.328 e. The molecule has 0 bridgehead atoms. The first-order chi connectivity index (χ1) is 13.9. The van der Waals surface area contributed by atoms with Gasteiger partial charge in [0.05, 0.1) is 6.04 Å². The highest BCUT2D eigenvalue weighted by Crippen LogP contribution is 2.27. The van der Waals surface area contributed by atoms with Crippen molar-refractivity contribution in [3.8, 4) is 0 Å². The minimum absolute atomic E-state index is 0.103. The Morgan fingerprint density at radius 3 is 2.38 bits per heavy atom. The molecule has 0 radical (unpaired) electrons. The third kappa shape index (κ3) is 5.46. The Balaban J connectivity index is 1.95. The van der Waals surface area contributed by atoms with Crippen LogP contribution in [0.5, 0.6) is 0 Å². The van der Waals surface area contributed by atoms with E-state index in [4.69, 9.17) is 11.6 Å². The number of rotatable bonds is 6. The Bertz CT molecular complexity index is 1000. The molecule has 0 aliphatic carbocycles. The fourth-order valence-corrected chi connectivity index (χ4v) is 3.40. The first-order valence-corrected chi connectivity index (χ1v) is 9.80. The fourth-order valence-electron chi connectivity index (χ4n) is 3.21. The second-order valence-electron chi connectivity index (χ2n) is 6.91. The van der Waals surface area contributed by atoms with E-state index in [9.17, 15) is 9.59 Å². The van der Waals surface area contributed by atoms with Crippen LogP contribution >= 0.6 is 11.6 Å². The molecule has 1 unspecified atom stereocenters. The van der Waals surface area contributed by atoms with Crippen molar-refractivity contribution in [2.75, 3.05) is 5.32 Å². The maximum atomic E-state index is 13.4. The average molecular weight is 407 g/mol. The van der Waals surface area contributed by atoms with E-state index in [-0.39, 0.29) is 17.9 Å². The van der Waals surface area contributed by atoms with Crippen molar-refractivity contribution in [1.82, 2.24) is 4.90 Å². The van der Waals surface area contributed by atoms with Gasteiger partial charge in [-0.15, -0.1) is 0 Å². The van der Waals surface area contributed by atoms with Crippen molar-refractivity contribution in [2.45, 2.75) is 26.4 Å². The van der Waals surface area contributed by atoms with Crippen LogP contribution < -0.4 is 5.32 Å². The van der Waals surface area contributed by atoms with Crippen molar-refractivity contribution in [3.05, 3.63) is 101 Å². The molecular weight excluding hydrogens is 384 g/mol. The molecule has 0 fully saturated rings. The third-order valence-electron chi connectivity index (χ3n) is 4.69. The van der Waals surface area contributed by atoms with Gasteiger partial charge in [-0.1, -0.05) is 60.1 Å². The summed E-state index contributed by atoms with van der Waals surface area (Å²) >= 11 is 6.11. The standard InChI is InChI=1S/C24H23ClN2O2/c1-17(20-10-7-13-23(15-20)26-18(2)28)27(16-19-8-4-3-5-9-19)24(29)21-11-6-12-22(25)14-21/h3-15,17H,16H2,1-2H3,(H,26,28). The van der Waals surface area contributed by atoms with Gasteiger partial charge in [-0.3, -0.25) is 9.59 Å². The Kier molecular flexibility index (Phi) is 6.68. The highest BCUT2D eigenvalue weighted by atomic mass is 35.5. The topological polar surface area (TPSA) is 49.4 Å². The molecule has 3 aromatic rings. The average Bonchev–Trinajstić information content (AvgIpc) is 2.71. The van der Waals surface area contributed by atoms with Crippen molar-refractivity contribution in [1.29, 1.82) is 0 Å². The highest BCUT2D eigenvalue weighted by Gasteiger charge is 2.23. The number of carbonyl (C=O) groups excluding carboxylic acids is 2. The molecule has 3 rings (SSSR count). The molecule has 5 heteroatoms. The number of benzene rings is 3. The van der Waals surface area contributed by atoms with E-state index in [2.05, 4.69) is 5.32 Å². The number of carbonyl (C=O) groups is 2. The maximum absolute atomic E-state index is 13.4. The van der Waals surface area contributed by atoms with Crippen LogP contribution in [0.1, 0.15) is 41.4 Å². The number of hydrogen-bond acceptors (Lipinski definition) is 2. The largest absolute Gasteiger partial charge is 0.328 e. The quantitative estimate of drug-likeness (QED) is 0.570. The van der Waals surface area contributed by atoms with Gasteiger partial charge in [0, 0.05) is 29.7 Å². The molecule has 2 amide bonds. The molecule has 0 aromatic heterocycles. The van der Waals surface area contributed by atoms with Crippen molar-refractivity contribution >= 4 is 29.1 Å². The number of amides is 2. The molecule has 1 N–H and O–H groups in total. The van der Waals surface area contributed by atoms with E-state index in [1.54, 1.807) is 24.3 Å². The van der Waals surface area contributed by atoms with Gasteiger partial charge in [-0.2, -0.15) is 0 Å². The minimum atomic E-state index is -0.213. The zero-order chi connectivity index (χ0) is 20.8. The predicted octanol–water partition coefficient (Wildman–Crippen LogP) is 5.70. The molecule has 0 aliphatic heterocycles. The lowest BCUT2D eigenvalue weighted by Crippen LogP contribution is -2.33. The first-order valence-electron chi connectivity index (χ1n) is 9.42. The van der Waals surface area contributed by atoms with Gasteiger partial charge < -0.3 is 10.2 Å². The van der Waals surface area contributed by atoms with Crippen LogP contribution in [0, 0.1) is 0 Å². The van der Waals surface area contributed by atoms with Gasteiger partial charge in [0.25, 0.3) is 5.91 Å². The monoisotopic (exact) mass is 406 g/mol. The van der Waals surface area contributed by atoms with Crippen LogP contribution in [-0.4, -0.2) is 16.7 Å². The molecule has 148 valence electrons. The van der Waals surface area contributed by atoms with Crippen LogP contribution in [0.15, 0.2) is 78.9 Å². The van der Waals surface area contributed by atoms with Crippen LogP contribution in [0.2, 0.25) is 5.02 Å². The molecule has 1 atom stereocenters. The van der Waals surface area contributed by atoms with Crippen molar-refractivity contribution < 1.29 is 9.59 Å². The Labute approximate surface area is 176 Å². The summed E-state index contributed by atoms with van der Waals surface area (Å²) in [7, 11) is 0. The Hall–Kier alpha value is -3.11. The smallest absolute Gasteiger partial charge is 0.254 e. The normalized spacial score (nSPS) is 11.6. The van der Waals surface area contributed by atoms with E-state index in [0.29, 0.717) is 22.8 Å². The van der Waals surface area contributed by atoms with Crippen molar-refractivity contribution in [2.24, 2.45) is 0 Å². The van der Waals surface area contributed by atoms with E-state index < -0.39 is 0 Å². The lowest BCUT2D eigenvalue weighted by Gasteiger charge is -2.30. The van der Waals surface area contributed by atoms with E-state index in [1.807, 2.05) is 66.4 Å². The maximum Gasteiger partial charge on any atom is 0.254 e. The number of halogens is 1. The molecule has 0 saturated carbocycles. The van der Waals surface area contributed by atoms with Gasteiger partial charge in [0.15, 0.2) is 0 Å². The summed E-state index contributed by atoms with van der Waals surface area (Å²) < 4.78 is 0. The molecule has 4 nitrogen and oxygen atoms in total. The summed E-state index contributed by atoms with van der Waals surface area (Å²) in [6.07, 6.45) is 0. The van der Waals surface area contributed by atoms with Crippen LogP contribution in [0.4, 0.5) is 5.69 Å². The van der Waals surface area contributed by atoms with Gasteiger partial charge in [-0.25, -0.2) is 0 Å². The first kappa shape index (κ1) is 20.6. The highest BCUT2D eigenvalue weighted by molar-refractivity contribution is 6.30. The molecule has 3 aromatic carbocycles. The van der Waals surface area contributed by atoms with Crippen LogP contribution in [0.3, 0.4) is 0 Å². The van der Waals surface area contributed by atoms with E-state index >= 15 is 0 Å². The Morgan fingerprint density at radius 2 is 1.69 bits per heavy atom. The SMILES string of the molecule is CC(=O)Nc1cccc(C(C)N(Cc2ccccc2)C(=O)c2cccc(Cl)c2)c1. The summed E-state index contributed by atoms with van der Waals surface area (Å²) in [6, 6.07) is 24.2. The van der Waals surface area contributed by atoms with E-state index in [1.165, 1.54) is 6.92 Å². The van der Waals surface area contributed by atoms with Crippen molar-refractivity contribution in [3.63, 3.8) is 0 Å². The zero-order valence-corrected chi connectivity index (χ0v) is 17.2. The summed E-state index contributed by atoms with van der Waals surface area (Å²) in [5, 5.41) is 3.32. The lowest BCUT2D eigenvalue weighted by molar-refractivity contribution is -0.114. The van der Waals surface area contributed by atoms with Gasteiger partial charge in [0.2, 0.25) is 5.91 Å². The Morgan fingerprint density at radius 1 is 0.966 bits per heavy atom. The molecule has 0 heterocycles. The summed E-state index contributed by atoms with van der Waals surface area (Å²) in [5.41, 5.74) is 3.21. The summed E-state index contributed by atoms with van der Waals surface area (Å²) in [6.45, 7) is 3.91. The van der Waals surface area contributed by atoms with Crippen LogP contribution in [0.25, 0.3) is 0 Å². The number of nitrogens with zero attached hydrogens (tertiary/aromatic N) is 1. The van der Waals surface area contributed by atoms with E-state index in [0.717, 1.165) is 11.1 Å². The second kappa shape index (κ2) is 9.39.